The summed E-state index contributed by atoms with van der Waals surface area (Å²) < 4.78 is 12.8. The van der Waals surface area contributed by atoms with Crippen molar-refractivity contribution in [3.05, 3.63) is 0 Å². The molecule has 0 N–H and O–H groups in total. The van der Waals surface area contributed by atoms with Crippen LogP contribution in [-0.2, 0) is 8.54 Å². The second kappa shape index (κ2) is 10.4. The molecule has 0 aromatic rings. The van der Waals surface area contributed by atoms with Crippen LogP contribution in [0.5, 0.6) is 0 Å². The zero-order valence-electron chi connectivity index (χ0n) is 15.9. The van der Waals surface area contributed by atoms with E-state index in [0.717, 1.165) is 11.8 Å². The van der Waals surface area contributed by atoms with Crippen molar-refractivity contribution in [3.8, 4) is 0 Å². The van der Waals surface area contributed by atoms with Gasteiger partial charge in [-0.3, -0.25) is 0 Å². The molecule has 0 rings (SSSR count). The third-order valence-electron chi connectivity index (χ3n) is 4.33. The van der Waals surface area contributed by atoms with Crippen molar-refractivity contribution in [2.24, 2.45) is 0 Å². The Morgan fingerprint density at radius 3 is 1.90 bits per heavy atom. The SMILES string of the molecule is CCCCCCCC([Si](C)(C)OCC)[Si](C)(C)O[SiH](C)C. The second-order valence-electron chi connectivity index (χ2n) is 7.56. The minimum atomic E-state index is -1.64. The van der Waals surface area contributed by atoms with E-state index in [-0.39, 0.29) is 0 Å². The van der Waals surface area contributed by atoms with Gasteiger partial charge in [0, 0.05) is 6.61 Å². The second-order valence-corrected chi connectivity index (χ2v) is 19.3. The van der Waals surface area contributed by atoms with Gasteiger partial charge in [-0.1, -0.05) is 45.4 Å². The average Bonchev–Trinajstić information content (AvgIpc) is 2.31. The molecule has 0 aromatic heterocycles. The Morgan fingerprint density at radius 2 is 1.43 bits per heavy atom. The van der Waals surface area contributed by atoms with Crippen molar-refractivity contribution in [1.82, 2.24) is 0 Å². The normalized spacial score (nSPS) is 14.7. The average molecular weight is 349 g/mol. The number of hydrogen-bond donors (Lipinski definition) is 0. The summed E-state index contributed by atoms with van der Waals surface area (Å²) in [5, 5.41) is 0.724. The van der Waals surface area contributed by atoms with E-state index in [1.54, 1.807) is 0 Å². The van der Waals surface area contributed by atoms with Gasteiger partial charge in [-0.25, -0.2) is 0 Å². The van der Waals surface area contributed by atoms with Crippen LogP contribution in [0.1, 0.15) is 52.4 Å². The minimum absolute atomic E-state index is 0.724. The third-order valence-corrected chi connectivity index (χ3v) is 17.8. The molecule has 0 aromatic carbocycles. The third kappa shape index (κ3) is 8.69. The number of hydrogen-bond acceptors (Lipinski definition) is 2. The summed E-state index contributed by atoms with van der Waals surface area (Å²) >= 11 is 0. The van der Waals surface area contributed by atoms with Gasteiger partial charge in [-0.15, -0.1) is 0 Å². The van der Waals surface area contributed by atoms with E-state index in [2.05, 4.69) is 53.1 Å². The molecule has 5 heteroatoms. The van der Waals surface area contributed by atoms with Crippen LogP contribution in [0, 0.1) is 0 Å². The van der Waals surface area contributed by atoms with E-state index < -0.39 is 25.7 Å². The molecular weight excluding hydrogens is 308 g/mol. The first-order chi connectivity index (χ1) is 9.67. The molecule has 0 saturated heterocycles. The molecule has 0 radical (unpaired) electrons. The summed E-state index contributed by atoms with van der Waals surface area (Å²) in [5.74, 6) is 0. The van der Waals surface area contributed by atoms with E-state index in [1.165, 1.54) is 38.5 Å². The maximum atomic E-state index is 6.54. The Labute approximate surface area is 138 Å². The summed E-state index contributed by atoms with van der Waals surface area (Å²) in [6.07, 6.45) is 8.15. The van der Waals surface area contributed by atoms with Crippen molar-refractivity contribution >= 4 is 25.7 Å². The smallest absolute Gasteiger partial charge is 0.189 e. The van der Waals surface area contributed by atoms with Crippen LogP contribution in [-0.4, -0.2) is 32.3 Å². The van der Waals surface area contributed by atoms with Crippen molar-refractivity contribution < 1.29 is 8.54 Å². The Kier molecular flexibility index (Phi) is 10.6. The van der Waals surface area contributed by atoms with E-state index in [1.807, 2.05) is 0 Å². The van der Waals surface area contributed by atoms with Gasteiger partial charge in [0.2, 0.25) is 0 Å². The fourth-order valence-corrected chi connectivity index (χ4v) is 19.5. The topological polar surface area (TPSA) is 18.5 Å². The van der Waals surface area contributed by atoms with E-state index >= 15 is 0 Å². The summed E-state index contributed by atoms with van der Waals surface area (Å²) in [7, 11) is -4.25. The molecule has 21 heavy (non-hydrogen) atoms. The molecule has 0 amide bonds. The van der Waals surface area contributed by atoms with E-state index in [9.17, 15) is 0 Å². The Hall–Kier alpha value is 0.571. The lowest BCUT2D eigenvalue weighted by Crippen LogP contribution is -2.53. The van der Waals surface area contributed by atoms with Crippen LogP contribution in [0.2, 0.25) is 44.4 Å². The molecular formula is C16H40O2Si3. The van der Waals surface area contributed by atoms with Crippen LogP contribution in [0.25, 0.3) is 0 Å². The summed E-state index contributed by atoms with van der Waals surface area (Å²) in [6, 6.07) is 0. The summed E-state index contributed by atoms with van der Waals surface area (Å²) in [5.41, 5.74) is 0. The number of unbranched alkanes of at least 4 members (excludes halogenated alkanes) is 4. The van der Waals surface area contributed by atoms with Gasteiger partial charge < -0.3 is 8.54 Å². The van der Waals surface area contributed by atoms with Crippen molar-refractivity contribution in [2.75, 3.05) is 6.61 Å². The highest BCUT2D eigenvalue weighted by molar-refractivity contribution is 6.93. The van der Waals surface area contributed by atoms with E-state index in [4.69, 9.17) is 8.54 Å². The zero-order valence-corrected chi connectivity index (χ0v) is 19.1. The summed E-state index contributed by atoms with van der Waals surface area (Å²) in [6.45, 7) is 19.6. The first kappa shape index (κ1) is 21.6. The molecule has 128 valence electrons. The first-order valence-corrected chi connectivity index (χ1v) is 17.7. The van der Waals surface area contributed by atoms with Crippen LogP contribution in [0.4, 0.5) is 0 Å². The molecule has 0 saturated carbocycles. The van der Waals surface area contributed by atoms with Gasteiger partial charge in [0.05, 0.1) is 0 Å². The molecule has 1 unspecified atom stereocenters. The summed E-state index contributed by atoms with van der Waals surface area (Å²) in [4.78, 5) is 0. The lowest BCUT2D eigenvalue weighted by molar-refractivity contribution is 0.320. The van der Waals surface area contributed by atoms with Gasteiger partial charge >= 0.3 is 0 Å². The molecule has 0 heterocycles. The Balaban J connectivity index is 4.76. The molecule has 1 atom stereocenters. The maximum Gasteiger partial charge on any atom is 0.189 e. The lowest BCUT2D eigenvalue weighted by atomic mass is 10.1. The Morgan fingerprint density at radius 1 is 0.857 bits per heavy atom. The molecule has 0 bridgehead atoms. The predicted molar refractivity (Wildman–Crippen MR) is 104 cm³/mol. The van der Waals surface area contributed by atoms with Crippen molar-refractivity contribution in [3.63, 3.8) is 0 Å². The highest BCUT2D eigenvalue weighted by atomic mass is 28.4. The highest BCUT2D eigenvalue weighted by Gasteiger charge is 2.45. The Bertz CT molecular complexity index is 268. The lowest BCUT2D eigenvalue weighted by Gasteiger charge is -2.42. The fraction of sp³-hybridized carbons (Fsp3) is 1.00. The van der Waals surface area contributed by atoms with Crippen molar-refractivity contribution in [1.29, 1.82) is 0 Å². The molecule has 2 nitrogen and oxygen atoms in total. The van der Waals surface area contributed by atoms with E-state index in [0.29, 0.717) is 0 Å². The minimum Gasteiger partial charge on any atom is -0.458 e. The number of rotatable bonds is 12. The standard InChI is InChI=1S/C16H40O2Si3/c1-9-11-12-13-14-15-16(20(5,6)17-10-2)21(7,8)18-19(3)4/h16,19H,9-15H2,1-8H3. The first-order valence-electron chi connectivity index (χ1n) is 8.99. The molecule has 0 aliphatic rings. The monoisotopic (exact) mass is 348 g/mol. The van der Waals surface area contributed by atoms with Gasteiger partial charge in [0.1, 0.15) is 0 Å². The van der Waals surface area contributed by atoms with Crippen LogP contribution >= 0.6 is 0 Å². The molecule has 0 aliphatic heterocycles. The zero-order chi connectivity index (χ0) is 16.5. The quantitative estimate of drug-likeness (QED) is 0.332. The van der Waals surface area contributed by atoms with Crippen molar-refractivity contribution in [2.45, 2.75) is 96.8 Å². The van der Waals surface area contributed by atoms with Crippen LogP contribution < -0.4 is 0 Å². The van der Waals surface area contributed by atoms with Gasteiger partial charge in [-0.2, -0.15) is 0 Å². The molecule has 0 fully saturated rings. The predicted octanol–water partition coefficient (Wildman–Crippen LogP) is 5.70. The van der Waals surface area contributed by atoms with Crippen LogP contribution in [0.3, 0.4) is 0 Å². The van der Waals surface area contributed by atoms with Gasteiger partial charge in [0.25, 0.3) is 0 Å². The largest absolute Gasteiger partial charge is 0.458 e. The van der Waals surface area contributed by atoms with Gasteiger partial charge in [-0.05, 0) is 51.4 Å². The maximum absolute atomic E-state index is 6.54. The molecule has 0 spiro atoms. The molecule has 0 aliphatic carbocycles. The highest BCUT2D eigenvalue weighted by Crippen LogP contribution is 2.38. The van der Waals surface area contributed by atoms with Gasteiger partial charge in [0.15, 0.2) is 25.7 Å². The van der Waals surface area contributed by atoms with Crippen LogP contribution in [0.15, 0.2) is 0 Å². The fourth-order valence-electron chi connectivity index (χ4n) is 3.65.